The average Bonchev–Trinajstić information content (AvgIpc) is 2.36. The Labute approximate surface area is 179 Å². The number of halogens is 2. The smallest absolute Gasteiger partial charge is 1.00 e. The van der Waals surface area contributed by atoms with E-state index in [4.69, 9.17) is 0 Å². The molecule has 0 aromatic heterocycles. The van der Waals surface area contributed by atoms with Crippen molar-refractivity contribution in [1.29, 1.82) is 0 Å². The molecule has 25 heavy (non-hydrogen) atoms. The average molecular weight is 430 g/mol. The van der Waals surface area contributed by atoms with Crippen LogP contribution in [0.1, 0.15) is 81.1 Å². The summed E-state index contributed by atoms with van der Waals surface area (Å²) in [7, 11) is 0. The molecular formula is C18H35Cl2N2O2Ti. The number of carbonyl (C=O) groups is 2. The number of carbonyl (C=O) groups excluding carboxylic acids is 2. The molecule has 0 radical (unpaired) electrons. The molecule has 1 unspecified atom stereocenters. The summed E-state index contributed by atoms with van der Waals surface area (Å²) in [6, 6.07) is 0.356. The second-order valence-electron chi connectivity index (χ2n) is 8.76. The van der Waals surface area contributed by atoms with Gasteiger partial charge in [-0.05, 0) is 35.5 Å². The zero-order valence-corrected chi connectivity index (χ0v) is 20.1. The van der Waals surface area contributed by atoms with E-state index in [0.717, 1.165) is 12.8 Å². The maximum Gasteiger partial charge on any atom is -1.00 e. The SMILES string of the molecule is CC(=O)NC1CCCC(C(C)(C)C)(C(C)(C)C)C1.CC(=O)[NH][Ti+2].[Cl-].[Cl-]. The molecule has 7 heteroatoms. The van der Waals surface area contributed by atoms with Gasteiger partial charge in [-0.25, -0.2) is 0 Å². The minimum Gasteiger partial charge on any atom is -1.00 e. The van der Waals surface area contributed by atoms with Gasteiger partial charge in [0.15, 0.2) is 0 Å². The molecule has 2 amide bonds. The van der Waals surface area contributed by atoms with Crippen LogP contribution in [0.25, 0.3) is 0 Å². The molecule has 0 saturated heterocycles. The van der Waals surface area contributed by atoms with E-state index in [1.807, 2.05) is 0 Å². The van der Waals surface area contributed by atoms with Crippen LogP contribution in [0, 0.1) is 16.2 Å². The molecule has 1 aliphatic carbocycles. The van der Waals surface area contributed by atoms with Crippen molar-refractivity contribution in [1.82, 2.24) is 9.12 Å². The maximum absolute atomic E-state index is 11.3. The van der Waals surface area contributed by atoms with E-state index in [-0.39, 0.29) is 47.5 Å². The van der Waals surface area contributed by atoms with Crippen molar-refractivity contribution in [2.45, 2.75) is 87.1 Å². The van der Waals surface area contributed by atoms with Gasteiger partial charge in [-0.15, -0.1) is 0 Å². The Bertz CT molecular complexity index is 404. The van der Waals surface area contributed by atoms with Gasteiger partial charge in [-0.3, -0.25) is 4.79 Å². The molecule has 2 N–H and O–H groups in total. The van der Waals surface area contributed by atoms with E-state index in [9.17, 15) is 9.59 Å². The second kappa shape index (κ2) is 11.8. The number of hydrogen-bond acceptors (Lipinski definition) is 2. The van der Waals surface area contributed by atoms with Crippen LogP contribution in [0.15, 0.2) is 0 Å². The Kier molecular flexibility index (Phi) is 14.2. The van der Waals surface area contributed by atoms with Crippen molar-refractivity contribution in [2.75, 3.05) is 0 Å². The zero-order chi connectivity index (χ0) is 18.5. The van der Waals surface area contributed by atoms with Gasteiger partial charge in [0.25, 0.3) is 0 Å². The Morgan fingerprint density at radius 3 is 1.64 bits per heavy atom. The molecule has 0 aliphatic heterocycles. The monoisotopic (exact) mass is 429 g/mol. The van der Waals surface area contributed by atoms with Crippen molar-refractivity contribution in [3.05, 3.63) is 0 Å². The topological polar surface area (TPSA) is 58.2 Å². The van der Waals surface area contributed by atoms with Crippen LogP contribution < -0.4 is 33.9 Å². The van der Waals surface area contributed by atoms with Crippen LogP contribution in [0.3, 0.4) is 0 Å². The van der Waals surface area contributed by atoms with Gasteiger partial charge in [0.05, 0.1) is 0 Å². The summed E-state index contributed by atoms with van der Waals surface area (Å²) < 4.78 is 2.39. The first-order chi connectivity index (χ1) is 10.3. The molecule has 1 rings (SSSR count). The van der Waals surface area contributed by atoms with Gasteiger partial charge >= 0.3 is 42.1 Å². The minimum absolute atomic E-state index is 0. The third-order valence-corrected chi connectivity index (χ3v) is 5.76. The molecule has 147 valence electrons. The van der Waals surface area contributed by atoms with Crippen LogP contribution in [0.4, 0.5) is 0 Å². The molecule has 1 fully saturated rings. The molecule has 0 spiro atoms. The normalized spacial score (nSPS) is 19.2. The standard InChI is InChI=1S/C16H31NO.C2H5NO.2ClH.Ti/c1-12(18)17-13-9-8-10-16(11-13,14(2,3)4)15(5,6)7;1-2(3)4;;;/h13H,8-11H2,1-7H3,(H,17,18);1H3,(H2,3,4);2*1H;/q;;;;+3/p-3. The Morgan fingerprint density at radius 1 is 0.960 bits per heavy atom. The predicted octanol–water partition coefficient (Wildman–Crippen LogP) is -2.26. The van der Waals surface area contributed by atoms with E-state index >= 15 is 0 Å². The summed E-state index contributed by atoms with van der Waals surface area (Å²) in [6.07, 6.45) is 4.74. The number of amides is 2. The van der Waals surface area contributed by atoms with Crippen LogP contribution in [0.2, 0.25) is 0 Å². The van der Waals surface area contributed by atoms with E-state index in [0.29, 0.717) is 11.5 Å². The summed E-state index contributed by atoms with van der Waals surface area (Å²) in [6.45, 7) is 17.2. The van der Waals surface area contributed by atoms with Gasteiger partial charge in [-0.2, -0.15) is 0 Å². The molecule has 0 heterocycles. The Balaban J connectivity index is -0.000000610. The molecular weight excluding hydrogens is 395 g/mol. The molecule has 1 atom stereocenters. The van der Waals surface area contributed by atoms with Gasteiger partial charge in [-0.1, -0.05) is 48.0 Å². The van der Waals surface area contributed by atoms with E-state index in [1.165, 1.54) is 19.8 Å². The Morgan fingerprint density at radius 2 is 1.36 bits per heavy atom. The summed E-state index contributed by atoms with van der Waals surface area (Å²) in [5.41, 5.74) is 0.830. The molecule has 0 bridgehead atoms. The molecule has 1 aliphatic rings. The fourth-order valence-electron chi connectivity index (χ4n) is 4.17. The van der Waals surface area contributed by atoms with Gasteiger partial charge < -0.3 is 30.1 Å². The van der Waals surface area contributed by atoms with E-state index in [1.54, 1.807) is 27.6 Å². The summed E-state index contributed by atoms with van der Waals surface area (Å²) in [4.78, 5) is 21.0. The Hall–Kier alpha value is 0.234. The van der Waals surface area contributed by atoms with Gasteiger partial charge in [0.2, 0.25) is 5.91 Å². The largest absolute Gasteiger partial charge is 1.00 e. The molecule has 0 aromatic rings. The van der Waals surface area contributed by atoms with Crippen molar-refractivity contribution < 1.29 is 55.1 Å². The first-order valence-corrected chi connectivity index (χ1v) is 9.25. The van der Waals surface area contributed by atoms with Crippen LogP contribution >= 0.6 is 0 Å². The summed E-state index contributed by atoms with van der Waals surface area (Å²) >= 11 is 1.60. The fourth-order valence-corrected chi connectivity index (χ4v) is 4.17. The number of nitrogens with one attached hydrogen (secondary N) is 2. The molecule has 4 nitrogen and oxygen atoms in total. The van der Waals surface area contributed by atoms with Crippen LogP contribution in [0.5, 0.6) is 0 Å². The quantitative estimate of drug-likeness (QED) is 0.462. The van der Waals surface area contributed by atoms with Crippen molar-refractivity contribution in [3.8, 4) is 0 Å². The molecule has 1 saturated carbocycles. The van der Waals surface area contributed by atoms with E-state index < -0.39 is 0 Å². The third kappa shape index (κ3) is 9.13. The summed E-state index contributed by atoms with van der Waals surface area (Å²) in [5.74, 6) is 0.114. The summed E-state index contributed by atoms with van der Waals surface area (Å²) in [5, 5.41) is 3.14. The van der Waals surface area contributed by atoms with E-state index in [2.05, 4.69) is 50.7 Å². The predicted molar refractivity (Wildman–Crippen MR) is 91.2 cm³/mol. The van der Waals surface area contributed by atoms with Crippen molar-refractivity contribution in [3.63, 3.8) is 0 Å². The van der Waals surface area contributed by atoms with Crippen molar-refractivity contribution in [2.24, 2.45) is 16.2 Å². The first-order valence-electron chi connectivity index (χ1n) is 8.47. The fraction of sp³-hybridized carbons (Fsp3) is 0.889. The zero-order valence-electron chi connectivity index (χ0n) is 17.0. The first kappa shape index (κ1) is 30.0. The van der Waals surface area contributed by atoms with Gasteiger partial charge in [0, 0.05) is 13.0 Å². The van der Waals surface area contributed by atoms with Gasteiger partial charge in [0.1, 0.15) is 0 Å². The number of rotatable bonds is 1. The van der Waals surface area contributed by atoms with Crippen LogP contribution in [-0.4, -0.2) is 17.9 Å². The minimum atomic E-state index is 0. The van der Waals surface area contributed by atoms with Crippen LogP contribution in [-0.2, 0) is 30.3 Å². The van der Waals surface area contributed by atoms with Crippen molar-refractivity contribution >= 4 is 11.8 Å². The second-order valence-corrected chi connectivity index (χ2v) is 9.15. The third-order valence-electron chi connectivity index (χ3n) is 5.21. The number of hydrogen-bond donors (Lipinski definition) is 2. The molecule has 0 aromatic carbocycles. The maximum atomic E-state index is 11.3.